The maximum atomic E-state index is 12.4. The number of hydrogen-bond donors (Lipinski definition) is 2. The van der Waals surface area contributed by atoms with Crippen LogP contribution in [0.2, 0.25) is 0 Å². The molecule has 132 valence electrons. The molecular formula is C18H13BrN2O4S. The lowest BCUT2D eigenvalue weighted by Crippen LogP contribution is -2.36. The smallest absolute Gasteiger partial charge is 0.294 e. The van der Waals surface area contributed by atoms with E-state index in [0.717, 1.165) is 21.1 Å². The second-order valence-corrected chi connectivity index (χ2v) is 7.32. The van der Waals surface area contributed by atoms with Gasteiger partial charge in [-0.25, -0.2) is 0 Å². The third-order valence-corrected chi connectivity index (χ3v) is 4.93. The Kier molecular flexibility index (Phi) is 5.43. The molecule has 1 saturated heterocycles. The van der Waals surface area contributed by atoms with E-state index in [4.69, 9.17) is 0 Å². The minimum absolute atomic E-state index is 0.111. The van der Waals surface area contributed by atoms with Gasteiger partial charge in [-0.2, -0.15) is 0 Å². The average molecular weight is 433 g/mol. The number of anilines is 1. The number of phenols is 1. The summed E-state index contributed by atoms with van der Waals surface area (Å²) < 4.78 is 0.876. The minimum atomic E-state index is -0.515. The van der Waals surface area contributed by atoms with Crippen molar-refractivity contribution < 1.29 is 19.5 Å². The Morgan fingerprint density at radius 2 is 1.77 bits per heavy atom. The molecular weight excluding hydrogens is 420 g/mol. The predicted octanol–water partition coefficient (Wildman–Crippen LogP) is 3.83. The van der Waals surface area contributed by atoms with Gasteiger partial charge in [-0.1, -0.05) is 28.1 Å². The lowest BCUT2D eigenvalue weighted by molar-refractivity contribution is -0.127. The number of rotatable bonds is 4. The summed E-state index contributed by atoms with van der Waals surface area (Å²) in [6, 6.07) is 13.2. The maximum Gasteiger partial charge on any atom is 0.294 e. The van der Waals surface area contributed by atoms with Crippen molar-refractivity contribution in [3.05, 3.63) is 63.5 Å². The Labute approximate surface area is 162 Å². The van der Waals surface area contributed by atoms with Gasteiger partial charge in [0.2, 0.25) is 5.91 Å². The largest absolute Gasteiger partial charge is 0.508 e. The van der Waals surface area contributed by atoms with Gasteiger partial charge < -0.3 is 10.4 Å². The predicted molar refractivity (Wildman–Crippen MR) is 104 cm³/mol. The third kappa shape index (κ3) is 4.33. The second-order valence-electron chi connectivity index (χ2n) is 5.41. The van der Waals surface area contributed by atoms with E-state index < -0.39 is 17.1 Å². The molecule has 26 heavy (non-hydrogen) atoms. The van der Waals surface area contributed by atoms with Crippen molar-refractivity contribution in [2.45, 2.75) is 0 Å². The minimum Gasteiger partial charge on any atom is -0.508 e. The van der Waals surface area contributed by atoms with E-state index in [1.165, 1.54) is 12.1 Å². The highest BCUT2D eigenvalue weighted by Gasteiger charge is 2.36. The molecule has 6 nitrogen and oxygen atoms in total. The first-order valence-electron chi connectivity index (χ1n) is 7.52. The molecule has 1 heterocycles. The van der Waals surface area contributed by atoms with Gasteiger partial charge in [-0.3, -0.25) is 19.3 Å². The van der Waals surface area contributed by atoms with Crippen molar-refractivity contribution in [1.82, 2.24) is 4.90 Å². The number of benzene rings is 2. The fourth-order valence-corrected chi connectivity index (χ4v) is 3.34. The number of amides is 3. The van der Waals surface area contributed by atoms with Crippen LogP contribution < -0.4 is 5.32 Å². The molecule has 0 aliphatic carbocycles. The number of carbonyl (C=O) groups is 3. The van der Waals surface area contributed by atoms with Crippen LogP contribution in [0.3, 0.4) is 0 Å². The van der Waals surface area contributed by atoms with Crippen LogP contribution in [0.1, 0.15) is 5.56 Å². The molecule has 0 saturated carbocycles. The van der Waals surface area contributed by atoms with Crippen molar-refractivity contribution in [1.29, 1.82) is 0 Å². The summed E-state index contributed by atoms with van der Waals surface area (Å²) in [7, 11) is 0. The number of nitrogens with one attached hydrogen (secondary N) is 1. The van der Waals surface area contributed by atoms with Gasteiger partial charge in [0.1, 0.15) is 12.3 Å². The lowest BCUT2D eigenvalue weighted by Gasteiger charge is -2.12. The normalized spacial score (nSPS) is 15.6. The fourth-order valence-electron chi connectivity index (χ4n) is 2.24. The Morgan fingerprint density at radius 1 is 1.12 bits per heavy atom. The molecule has 0 spiro atoms. The Balaban J connectivity index is 1.67. The van der Waals surface area contributed by atoms with Crippen molar-refractivity contribution in [3.8, 4) is 5.75 Å². The van der Waals surface area contributed by atoms with E-state index in [2.05, 4.69) is 21.2 Å². The zero-order valence-corrected chi connectivity index (χ0v) is 15.7. The van der Waals surface area contributed by atoms with E-state index in [1.54, 1.807) is 42.5 Å². The summed E-state index contributed by atoms with van der Waals surface area (Å²) in [5.41, 5.74) is 1.25. The van der Waals surface area contributed by atoms with Crippen LogP contribution in [0.4, 0.5) is 10.5 Å². The molecule has 0 bridgehead atoms. The average Bonchev–Trinajstić information content (AvgIpc) is 2.86. The van der Waals surface area contributed by atoms with Gasteiger partial charge in [-0.15, -0.1) is 0 Å². The Morgan fingerprint density at radius 3 is 2.42 bits per heavy atom. The molecule has 1 fully saturated rings. The summed E-state index contributed by atoms with van der Waals surface area (Å²) in [4.78, 5) is 37.7. The highest BCUT2D eigenvalue weighted by atomic mass is 79.9. The summed E-state index contributed by atoms with van der Waals surface area (Å²) in [5.74, 6) is -0.862. The summed E-state index contributed by atoms with van der Waals surface area (Å²) >= 11 is 4.08. The lowest BCUT2D eigenvalue weighted by atomic mass is 10.2. The molecule has 3 rings (SSSR count). The number of thioether (sulfide) groups is 1. The van der Waals surface area contributed by atoms with E-state index in [-0.39, 0.29) is 17.2 Å². The van der Waals surface area contributed by atoms with Gasteiger partial charge in [0, 0.05) is 10.2 Å². The standard InChI is InChI=1S/C18H13BrN2O4S/c19-12-3-5-13(6-4-12)20-16(23)10-21-17(24)15(26-18(21)25)9-11-1-7-14(22)8-2-11/h1-9,22H,10H2,(H,20,23)/b15-9+. The highest BCUT2D eigenvalue weighted by Crippen LogP contribution is 2.32. The maximum absolute atomic E-state index is 12.4. The number of nitrogens with zero attached hydrogens (tertiary/aromatic N) is 1. The topological polar surface area (TPSA) is 86.7 Å². The Bertz CT molecular complexity index is 894. The number of imide groups is 1. The molecule has 8 heteroatoms. The van der Waals surface area contributed by atoms with Crippen LogP contribution in [-0.2, 0) is 9.59 Å². The summed E-state index contributed by atoms with van der Waals surface area (Å²) in [6.07, 6.45) is 1.55. The van der Waals surface area contributed by atoms with Gasteiger partial charge in [0.05, 0.1) is 4.91 Å². The van der Waals surface area contributed by atoms with Gasteiger partial charge in [0.15, 0.2) is 0 Å². The summed E-state index contributed by atoms with van der Waals surface area (Å²) in [6.45, 7) is -0.354. The quantitative estimate of drug-likeness (QED) is 0.716. The number of carbonyl (C=O) groups excluding carboxylic acids is 3. The van der Waals surface area contributed by atoms with E-state index in [1.807, 2.05) is 0 Å². The van der Waals surface area contributed by atoms with Crippen LogP contribution in [0, 0.1) is 0 Å². The van der Waals surface area contributed by atoms with Crippen LogP contribution in [0.5, 0.6) is 5.75 Å². The van der Waals surface area contributed by atoms with Crippen LogP contribution in [-0.4, -0.2) is 33.6 Å². The molecule has 0 unspecified atom stereocenters. The molecule has 3 amide bonds. The molecule has 0 aromatic heterocycles. The number of hydrogen-bond acceptors (Lipinski definition) is 5. The number of phenolic OH excluding ortho intramolecular Hbond substituents is 1. The van der Waals surface area contributed by atoms with Gasteiger partial charge in [-0.05, 0) is 59.8 Å². The highest BCUT2D eigenvalue weighted by molar-refractivity contribution is 9.10. The first-order valence-corrected chi connectivity index (χ1v) is 9.13. The first-order chi connectivity index (χ1) is 12.4. The van der Waals surface area contributed by atoms with E-state index in [9.17, 15) is 19.5 Å². The molecule has 1 aliphatic rings. The SMILES string of the molecule is O=C(CN1C(=O)S/C(=C/c2ccc(O)cc2)C1=O)Nc1ccc(Br)cc1. The first kappa shape index (κ1) is 18.2. The zero-order chi connectivity index (χ0) is 18.7. The van der Waals surface area contributed by atoms with E-state index >= 15 is 0 Å². The van der Waals surface area contributed by atoms with Crippen molar-refractivity contribution in [2.24, 2.45) is 0 Å². The second kappa shape index (κ2) is 7.76. The summed E-state index contributed by atoms with van der Waals surface area (Å²) in [5, 5.41) is 11.4. The number of halogens is 1. The third-order valence-electron chi connectivity index (χ3n) is 3.49. The van der Waals surface area contributed by atoms with Crippen LogP contribution >= 0.6 is 27.7 Å². The van der Waals surface area contributed by atoms with Crippen LogP contribution in [0.25, 0.3) is 6.08 Å². The molecule has 1 aliphatic heterocycles. The molecule has 2 N–H and O–H groups in total. The molecule has 0 radical (unpaired) electrons. The molecule has 2 aromatic rings. The number of aromatic hydroxyl groups is 1. The molecule has 0 atom stereocenters. The zero-order valence-electron chi connectivity index (χ0n) is 13.3. The molecule has 2 aromatic carbocycles. The van der Waals surface area contributed by atoms with Crippen molar-refractivity contribution in [2.75, 3.05) is 11.9 Å². The Hall–Kier alpha value is -2.58. The van der Waals surface area contributed by atoms with Gasteiger partial charge in [0.25, 0.3) is 11.1 Å². The van der Waals surface area contributed by atoms with Crippen molar-refractivity contribution in [3.63, 3.8) is 0 Å². The van der Waals surface area contributed by atoms with Gasteiger partial charge >= 0.3 is 0 Å². The monoisotopic (exact) mass is 432 g/mol. The van der Waals surface area contributed by atoms with Crippen LogP contribution in [0.15, 0.2) is 57.9 Å². The van der Waals surface area contributed by atoms with Crippen molar-refractivity contribution >= 4 is 56.5 Å². The van der Waals surface area contributed by atoms with E-state index in [0.29, 0.717) is 11.3 Å². The fraction of sp³-hybridized carbons (Fsp3) is 0.0556.